The SMILES string of the molecule is CCCOc1ncc(N)cc1-n1ccnn1. The van der Waals surface area contributed by atoms with Crippen molar-refractivity contribution >= 4 is 5.69 Å². The van der Waals surface area contributed by atoms with Crippen molar-refractivity contribution in [2.45, 2.75) is 13.3 Å². The van der Waals surface area contributed by atoms with Gasteiger partial charge in [0, 0.05) is 0 Å². The summed E-state index contributed by atoms with van der Waals surface area (Å²) in [7, 11) is 0. The zero-order valence-corrected chi connectivity index (χ0v) is 9.00. The minimum Gasteiger partial charge on any atom is -0.476 e. The van der Waals surface area contributed by atoms with Crippen LogP contribution in [0.4, 0.5) is 5.69 Å². The monoisotopic (exact) mass is 219 g/mol. The van der Waals surface area contributed by atoms with Crippen molar-refractivity contribution in [3.63, 3.8) is 0 Å². The summed E-state index contributed by atoms with van der Waals surface area (Å²) in [5, 5.41) is 7.63. The van der Waals surface area contributed by atoms with Crippen LogP contribution in [0, 0.1) is 0 Å². The van der Waals surface area contributed by atoms with E-state index in [0.717, 1.165) is 6.42 Å². The highest BCUT2D eigenvalue weighted by molar-refractivity contribution is 5.50. The third kappa shape index (κ3) is 2.10. The normalized spacial score (nSPS) is 10.3. The molecular weight excluding hydrogens is 206 g/mol. The van der Waals surface area contributed by atoms with Gasteiger partial charge in [-0.2, -0.15) is 0 Å². The van der Waals surface area contributed by atoms with Crippen LogP contribution in [-0.2, 0) is 0 Å². The van der Waals surface area contributed by atoms with Gasteiger partial charge in [0.05, 0.1) is 30.9 Å². The maximum Gasteiger partial charge on any atom is 0.240 e. The molecule has 0 aliphatic carbocycles. The Balaban J connectivity index is 2.37. The average molecular weight is 219 g/mol. The molecule has 0 fully saturated rings. The molecule has 0 atom stereocenters. The fraction of sp³-hybridized carbons (Fsp3) is 0.300. The fourth-order valence-corrected chi connectivity index (χ4v) is 1.27. The van der Waals surface area contributed by atoms with Gasteiger partial charge in [0.1, 0.15) is 5.69 Å². The smallest absolute Gasteiger partial charge is 0.240 e. The van der Waals surface area contributed by atoms with E-state index in [2.05, 4.69) is 15.3 Å². The van der Waals surface area contributed by atoms with Crippen LogP contribution >= 0.6 is 0 Å². The minimum absolute atomic E-state index is 0.515. The first-order valence-electron chi connectivity index (χ1n) is 5.06. The summed E-state index contributed by atoms with van der Waals surface area (Å²) < 4.78 is 7.09. The summed E-state index contributed by atoms with van der Waals surface area (Å²) in [4.78, 5) is 4.14. The second-order valence-electron chi connectivity index (χ2n) is 3.29. The van der Waals surface area contributed by atoms with E-state index < -0.39 is 0 Å². The summed E-state index contributed by atoms with van der Waals surface area (Å²) in [6.07, 6.45) is 5.79. The van der Waals surface area contributed by atoms with Crippen LogP contribution in [0.2, 0.25) is 0 Å². The molecule has 0 aromatic carbocycles. The van der Waals surface area contributed by atoms with Crippen molar-refractivity contribution < 1.29 is 4.74 Å². The molecule has 2 aromatic rings. The zero-order valence-electron chi connectivity index (χ0n) is 9.00. The van der Waals surface area contributed by atoms with Gasteiger partial charge in [-0.05, 0) is 12.5 Å². The van der Waals surface area contributed by atoms with Gasteiger partial charge in [0.15, 0.2) is 0 Å². The van der Waals surface area contributed by atoms with Crippen LogP contribution in [-0.4, -0.2) is 26.6 Å². The van der Waals surface area contributed by atoms with Crippen molar-refractivity contribution in [2.75, 3.05) is 12.3 Å². The van der Waals surface area contributed by atoms with E-state index in [0.29, 0.717) is 23.9 Å². The first-order chi connectivity index (χ1) is 7.81. The van der Waals surface area contributed by atoms with Crippen LogP contribution < -0.4 is 10.5 Å². The summed E-state index contributed by atoms with van der Waals surface area (Å²) >= 11 is 0. The standard InChI is InChI=1S/C10H13N5O/c1-2-5-16-10-9(6-8(11)7-12-10)15-4-3-13-14-15/h3-4,6-7H,2,5,11H2,1H3. The lowest BCUT2D eigenvalue weighted by Crippen LogP contribution is -2.05. The molecule has 0 radical (unpaired) electrons. The maximum atomic E-state index is 5.68. The Morgan fingerprint density at radius 1 is 1.50 bits per heavy atom. The van der Waals surface area contributed by atoms with Crippen LogP contribution in [0.1, 0.15) is 13.3 Å². The molecule has 2 N–H and O–H groups in total. The van der Waals surface area contributed by atoms with Crippen LogP contribution in [0.25, 0.3) is 5.69 Å². The number of ether oxygens (including phenoxy) is 1. The lowest BCUT2D eigenvalue weighted by Gasteiger charge is -2.09. The molecule has 0 aliphatic heterocycles. The predicted octanol–water partition coefficient (Wildman–Crippen LogP) is 1.03. The fourth-order valence-electron chi connectivity index (χ4n) is 1.27. The van der Waals surface area contributed by atoms with Gasteiger partial charge in [0.2, 0.25) is 5.88 Å². The average Bonchev–Trinajstić information content (AvgIpc) is 2.80. The largest absolute Gasteiger partial charge is 0.476 e. The van der Waals surface area contributed by atoms with Crippen molar-refractivity contribution in [3.8, 4) is 11.6 Å². The number of nitrogens with zero attached hydrogens (tertiary/aromatic N) is 4. The molecule has 6 heteroatoms. The van der Waals surface area contributed by atoms with Crippen LogP contribution in [0.15, 0.2) is 24.7 Å². The van der Waals surface area contributed by atoms with E-state index in [4.69, 9.17) is 10.5 Å². The Hall–Kier alpha value is -2.11. The minimum atomic E-state index is 0.515. The topological polar surface area (TPSA) is 78.9 Å². The van der Waals surface area contributed by atoms with Gasteiger partial charge in [-0.15, -0.1) is 5.10 Å². The number of anilines is 1. The maximum absolute atomic E-state index is 5.68. The Bertz CT molecular complexity index is 454. The van der Waals surface area contributed by atoms with E-state index in [1.54, 1.807) is 29.3 Å². The number of rotatable bonds is 4. The molecule has 2 heterocycles. The molecule has 16 heavy (non-hydrogen) atoms. The van der Waals surface area contributed by atoms with E-state index in [9.17, 15) is 0 Å². The molecule has 0 amide bonds. The van der Waals surface area contributed by atoms with Crippen molar-refractivity contribution in [3.05, 3.63) is 24.7 Å². The van der Waals surface area contributed by atoms with E-state index in [1.807, 2.05) is 6.92 Å². The van der Waals surface area contributed by atoms with E-state index in [1.165, 1.54) is 0 Å². The quantitative estimate of drug-likeness (QED) is 0.830. The second kappa shape index (κ2) is 4.61. The first kappa shape index (κ1) is 10.4. The van der Waals surface area contributed by atoms with Gasteiger partial charge in [-0.25, -0.2) is 9.67 Å². The molecular formula is C10H13N5O. The van der Waals surface area contributed by atoms with E-state index in [-0.39, 0.29) is 0 Å². The number of nitrogens with two attached hydrogens (primary N) is 1. The summed E-state index contributed by atoms with van der Waals surface area (Å²) in [6.45, 7) is 2.64. The highest BCUT2D eigenvalue weighted by Crippen LogP contribution is 2.21. The number of nitrogen functional groups attached to an aromatic ring is 1. The number of hydrogen-bond donors (Lipinski definition) is 1. The van der Waals surface area contributed by atoms with Gasteiger partial charge >= 0.3 is 0 Å². The first-order valence-corrected chi connectivity index (χ1v) is 5.06. The molecule has 0 unspecified atom stereocenters. The Labute approximate surface area is 93.1 Å². The molecule has 0 spiro atoms. The third-order valence-corrected chi connectivity index (χ3v) is 1.97. The van der Waals surface area contributed by atoms with Crippen molar-refractivity contribution in [1.82, 2.24) is 20.0 Å². The van der Waals surface area contributed by atoms with E-state index >= 15 is 0 Å². The number of aromatic nitrogens is 4. The van der Waals surface area contributed by atoms with Gasteiger partial charge in [-0.1, -0.05) is 12.1 Å². The molecule has 0 saturated heterocycles. The third-order valence-electron chi connectivity index (χ3n) is 1.97. The van der Waals surface area contributed by atoms with Crippen LogP contribution in [0.3, 0.4) is 0 Å². The molecule has 84 valence electrons. The second-order valence-corrected chi connectivity index (χ2v) is 3.29. The Morgan fingerprint density at radius 2 is 2.38 bits per heavy atom. The molecule has 0 saturated carbocycles. The van der Waals surface area contributed by atoms with Crippen LogP contribution in [0.5, 0.6) is 5.88 Å². The highest BCUT2D eigenvalue weighted by atomic mass is 16.5. The molecule has 2 aromatic heterocycles. The highest BCUT2D eigenvalue weighted by Gasteiger charge is 2.08. The lowest BCUT2D eigenvalue weighted by molar-refractivity contribution is 0.303. The molecule has 0 bridgehead atoms. The molecule has 6 nitrogen and oxygen atoms in total. The van der Waals surface area contributed by atoms with Crippen molar-refractivity contribution in [2.24, 2.45) is 0 Å². The Kier molecular flexibility index (Phi) is 3.00. The molecule has 2 rings (SSSR count). The van der Waals surface area contributed by atoms with Crippen molar-refractivity contribution in [1.29, 1.82) is 0 Å². The number of hydrogen-bond acceptors (Lipinski definition) is 5. The zero-order chi connectivity index (χ0) is 11.4. The molecule has 0 aliphatic rings. The predicted molar refractivity (Wildman–Crippen MR) is 59.4 cm³/mol. The van der Waals surface area contributed by atoms with Gasteiger partial charge in [0.25, 0.3) is 0 Å². The summed E-state index contributed by atoms with van der Waals surface area (Å²) in [5.74, 6) is 0.515. The number of pyridine rings is 1. The summed E-state index contributed by atoms with van der Waals surface area (Å²) in [6, 6.07) is 1.76. The Morgan fingerprint density at radius 3 is 3.06 bits per heavy atom. The van der Waals surface area contributed by atoms with Gasteiger partial charge < -0.3 is 10.5 Å². The lowest BCUT2D eigenvalue weighted by atomic mass is 10.3. The summed E-state index contributed by atoms with van der Waals surface area (Å²) in [5.41, 5.74) is 6.95. The van der Waals surface area contributed by atoms with Gasteiger partial charge in [-0.3, -0.25) is 0 Å².